The van der Waals surface area contributed by atoms with Gasteiger partial charge < -0.3 is 25.6 Å². The van der Waals surface area contributed by atoms with Gasteiger partial charge in [0.2, 0.25) is 16.8 Å². The number of halogens is 1. The summed E-state index contributed by atoms with van der Waals surface area (Å²) in [6.45, 7) is 6.32. The lowest BCUT2D eigenvalue weighted by atomic mass is 9.74. The van der Waals surface area contributed by atoms with Crippen molar-refractivity contribution in [2.24, 2.45) is 5.41 Å². The lowest BCUT2D eigenvalue weighted by Crippen LogP contribution is -2.71. The molecule has 190 valence electrons. The van der Waals surface area contributed by atoms with Crippen molar-refractivity contribution in [3.8, 4) is 5.75 Å². The third-order valence-corrected chi connectivity index (χ3v) is 7.69. The molecule has 0 unspecified atom stereocenters. The summed E-state index contributed by atoms with van der Waals surface area (Å²) >= 11 is 6.37. The summed E-state index contributed by atoms with van der Waals surface area (Å²) in [6, 6.07) is 13.1. The lowest BCUT2D eigenvalue weighted by molar-refractivity contribution is 0.121. The maximum Gasteiger partial charge on any atom is 0.229 e. The Balaban J connectivity index is 1.35. The highest BCUT2D eigenvalue weighted by Crippen LogP contribution is 2.40. The minimum absolute atomic E-state index is 0.296. The molecule has 3 heterocycles. The fourth-order valence-corrected chi connectivity index (χ4v) is 5.29. The predicted octanol–water partition coefficient (Wildman–Crippen LogP) is 3.39. The number of hydrogen-bond donors (Lipinski definition) is 4. The average Bonchev–Trinajstić information content (AvgIpc) is 2.81. The van der Waals surface area contributed by atoms with Crippen LogP contribution in [-0.2, 0) is 10.9 Å². The van der Waals surface area contributed by atoms with Gasteiger partial charge in [0.1, 0.15) is 10.8 Å². The number of para-hydroxylation sites is 2. The summed E-state index contributed by atoms with van der Waals surface area (Å²) in [6.07, 6.45) is 1.49. The van der Waals surface area contributed by atoms with E-state index in [1.54, 1.807) is 38.3 Å². The number of aromatic nitrogens is 2. The molecule has 5 rings (SSSR count). The normalized spacial score (nSPS) is 15.8. The number of ether oxygens (including phenoxy) is 1. The molecule has 12 heteroatoms. The van der Waals surface area contributed by atoms with Gasteiger partial charge in [0, 0.05) is 49.9 Å². The third kappa shape index (κ3) is 4.73. The Morgan fingerprint density at radius 3 is 2.61 bits per heavy atom. The average molecular weight is 530 g/mol. The zero-order valence-corrected chi connectivity index (χ0v) is 21.6. The van der Waals surface area contributed by atoms with Crippen molar-refractivity contribution < 1.29 is 13.2 Å². The Hall–Kier alpha value is -3.28. The van der Waals surface area contributed by atoms with Gasteiger partial charge in [-0.25, -0.2) is 13.4 Å². The lowest BCUT2D eigenvalue weighted by Gasteiger charge is -2.57. The number of rotatable bonds is 9. The first-order chi connectivity index (χ1) is 17.4. The van der Waals surface area contributed by atoms with Crippen LogP contribution < -0.4 is 29.9 Å². The van der Waals surface area contributed by atoms with E-state index in [2.05, 4.69) is 36.9 Å². The van der Waals surface area contributed by atoms with E-state index in [1.807, 2.05) is 12.1 Å². The minimum atomic E-state index is -2.80. The van der Waals surface area contributed by atoms with Crippen molar-refractivity contribution in [3.05, 3.63) is 53.7 Å². The highest BCUT2D eigenvalue weighted by Gasteiger charge is 2.47. The number of nitrogens with zero attached hydrogens (tertiary/aromatic N) is 4. The molecule has 2 aliphatic heterocycles. The van der Waals surface area contributed by atoms with Crippen molar-refractivity contribution in [1.82, 2.24) is 15.3 Å². The summed E-state index contributed by atoms with van der Waals surface area (Å²) < 4.78 is 30.3. The summed E-state index contributed by atoms with van der Waals surface area (Å²) in [5.74, 6) is 1.34. The van der Waals surface area contributed by atoms with Crippen LogP contribution >= 0.6 is 11.6 Å². The molecule has 0 atom stereocenters. The highest BCUT2D eigenvalue weighted by atomic mass is 35.5. The van der Waals surface area contributed by atoms with Crippen LogP contribution in [0, 0.1) is 5.41 Å². The number of hydrogen-bond acceptors (Lipinski definition) is 9. The molecule has 2 aromatic carbocycles. The van der Waals surface area contributed by atoms with E-state index in [4.69, 9.17) is 16.3 Å². The number of methoxy groups -OCH3 is 1. The van der Waals surface area contributed by atoms with Gasteiger partial charge in [-0.2, -0.15) is 4.98 Å². The molecule has 2 aliphatic rings. The molecule has 0 radical (unpaired) electrons. The fraction of sp³-hybridized carbons (Fsp3) is 0.333. The second-order valence-corrected chi connectivity index (χ2v) is 10.3. The van der Waals surface area contributed by atoms with E-state index < -0.39 is 10.9 Å². The van der Waals surface area contributed by atoms with Crippen molar-refractivity contribution in [1.29, 1.82) is 0 Å². The molecule has 0 bridgehead atoms. The highest BCUT2D eigenvalue weighted by molar-refractivity contribution is 7.74. The van der Waals surface area contributed by atoms with E-state index in [0.29, 0.717) is 45.9 Å². The first kappa shape index (κ1) is 24.4. The zero-order chi connectivity index (χ0) is 25.3. The van der Waals surface area contributed by atoms with Gasteiger partial charge in [-0.05, 0) is 31.2 Å². The van der Waals surface area contributed by atoms with Crippen LogP contribution in [-0.4, -0.2) is 58.2 Å². The standard InChI is InChI=1S/C24H28ClN7O3S/c1-3-32(36(33)34)20-7-5-4-6-18(20)28-22-17(25)11-27-23(30-22)29-19-9-8-16(10-21(19)35-2)31-14-24(15-31)12-26-13-24/h4-11,26,36H,3,12-15H2,1-2H3,(H2,27,28,29,30). The van der Waals surface area contributed by atoms with Crippen molar-refractivity contribution in [2.75, 3.05) is 59.7 Å². The Kier molecular flexibility index (Phi) is 6.78. The van der Waals surface area contributed by atoms with E-state index in [1.165, 1.54) is 10.5 Å². The first-order valence-corrected chi connectivity index (χ1v) is 13.1. The van der Waals surface area contributed by atoms with Crippen molar-refractivity contribution in [2.45, 2.75) is 6.92 Å². The largest absolute Gasteiger partial charge is 0.494 e. The molecule has 3 aromatic rings. The monoisotopic (exact) mass is 529 g/mol. The number of anilines is 6. The Labute approximate surface area is 216 Å². The Morgan fingerprint density at radius 2 is 1.94 bits per heavy atom. The quantitative estimate of drug-likeness (QED) is 0.310. The molecule has 36 heavy (non-hydrogen) atoms. The fourth-order valence-electron chi connectivity index (χ4n) is 4.57. The molecule has 0 saturated carbocycles. The molecule has 2 saturated heterocycles. The van der Waals surface area contributed by atoms with Crippen LogP contribution in [0.4, 0.5) is 34.5 Å². The zero-order valence-electron chi connectivity index (χ0n) is 20.0. The third-order valence-electron chi connectivity index (χ3n) is 6.53. The minimum Gasteiger partial charge on any atom is -0.494 e. The number of thiol groups is 1. The first-order valence-electron chi connectivity index (χ1n) is 11.6. The molecule has 3 N–H and O–H groups in total. The summed E-state index contributed by atoms with van der Waals surface area (Å²) in [5.41, 5.74) is 3.32. The van der Waals surface area contributed by atoms with E-state index in [0.717, 1.165) is 37.6 Å². The van der Waals surface area contributed by atoms with E-state index in [-0.39, 0.29) is 0 Å². The van der Waals surface area contributed by atoms with Gasteiger partial charge in [0.05, 0.1) is 30.4 Å². The van der Waals surface area contributed by atoms with Gasteiger partial charge in [-0.1, -0.05) is 23.7 Å². The van der Waals surface area contributed by atoms with Gasteiger partial charge in [-0.15, -0.1) is 0 Å². The molecule has 0 amide bonds. The second kappa shape index (κ2) is 10.00. The van der Waals surface area contributed by atoms with Crippen molar-refractivity contribution >= 4 is 57.0 Å². The Morgan fingerprint density at radius 1 is 1.17 bits per heavy atom. The second-order valence-electron chi connectivity index (χ2n) is 8.96. The van der Waals surface area contributed by atoms with E-state index in [9.17, 15) is 8.42 Å². The van der Waals surface area contributed by atoms with Crippen LogP contribution in [0.25, 0.3) is 0 Å². The summed E-state index contributed by atoms with van der Waals surface area (Å²) in [5, 5.41) is 10.0. The van der Waals surface area contributed by atoms with E-state index >= 15 is 0 Å². The van der Waals surface area contributed by atoms with Crippen LogP contribution in [0.1, 0.15) is 6.92 Å². The predicted molar refractivity (Wildman–Crippen MR) is 144 cm³/mol. The molecule has 0 aliphatic carbocycles. The molecule has 2 fully saturated rings. The van der Waals surface area contributed by atoms with Crippen LogP contribution in [0.15, 0.2) is 48.7 Å². The van der Waals surface area contributed by atoms with Gasteiger partial charge in [0.25, 0.3) is 0 Å². The molecular formula is C24H28ClN7O3S. The maximum absolute atomic E-state index is 11.7. The number of benzene rings is 2. The molecule has 10 nitrogen and oxygen atoms in total. The van der Waals surface area contributed by atoms with Gasteiger partial charge in [0.15, 0.2) is 5.82 Å². The van der Waals surface area contributed by atoms with Crippen LogP contribution in [0.5, 0.6) is 5.75 Å². The SMILES string of the molecule is CCN(c1ccccc1Nc1nc(Nc2ccc(N3CC4(CNC4)C3)cc2OC)ncc1Cl)[SH](=O)=O. The molecule has 1 aromatic heterocycles. The number of nitrogens with one attached hydrogen (secondary N) is 3. The summed E-state index contributed by atoms with van der Waals surface area (Å²) in [4.78, 5) is 11.2. The smallest absolute Gasteiger partial charge is 0.229 e. The van der Waals surface area contributed by atoms with Crippen LogP contribution in [0.2, 0.25) is 5.02 Å². The van der Waals surface area contributed by atoms with Crippen LogP contribution in [0.3, 0.4) is 0 Å². The molecular weight excluding hydrogens is 502 g/mol. The maximum atomic E-state index is 11.7. The van der Waals surface area contributed by atoms with Gasteiger partial charge >= 0.3 is 0 Å². The van der Waals surface area contributed by atoms with Gasteiger partial charge in [-0.3, -0.25) is 4.31 Å². The molecule has 1 spiro atoms. The topological polar surface area (TPSA) is 112 Å². The summed E-state index contributed by atoms with van der Waals surface area (Å²) in [7, 11) is -1.17. The Bertz CT molecular complexity index is 1330. The van der Waals surface area contributed by atoms with Crippen molar-refractivity contribution in [3.63, 3.8) is 0 Å².